The maximum Gasteiger partial charge on any atom is 0.407 e. The van der Waals surface area contributed by atoms with E-state index in [1.807, 2.05) is 26.0 Å². The highest BCUT2D eigenvalue weighted by atomic mass is 16.5. The molecule has 2 fully saturated rings. The van der Waals surface area contributed by atoms with Gasteiger partial charge in [-0.3, -0.25) is 4.79 Å². The van der Waals surface area contributed by atoms with Gasteiger partial charge < -0.3 is 29.5 Å². The van der Waals surface area contributed by atoms with Crippen LogP contribution in [0, 0.1) is 11.3 Å². The number of nitrogens with zero attached hydrogens (tertiary/aromatic N) is 2. The highest BCUT2D eigenvalue weighted by Gasteiger charge is 2.45. The lowest BCUT2D eigenvalue weighted by Crippen LogP contribution is -2.55. The molecule has 0 spiro atoms. The molecule has 242 valence electrons. The number of fused-ring (bicyclic) bond motifs is 5. The van der Waals surface area contributed by atoms with Crippen LogP contribution in [0.5, 0.6) is 11.6 Å². The SMILES string of the molecule is COc1cc2c3c(nc4c2cc1C=CCC(C)(C)COC(=O)N[C@@H](C1CCCCC1)C(=O)N1C[C@@H](C[C@H]1C(=O)O)O4)CCCC3. The fourth-order valence-electron chi connectivity index (χ4n) is 7.44. The van der Waals surface area contributed by atoms with Gasteiger partial charge in [-0.2, -0.15) is 0 Å². The molecule has 10 heteroatoms. The second-order valence-corrected chi connectivity index (χ2v) is 13.9. The molecule has 3 atom stereocenters. The first-order valence-electron chi connectivity index (χ1n) is 16.5. The van der Waals surface area contributed by atoms with Crippen LogP contribution in [0.3, 0.4) is 0 Å². The van der Waals surface area contributed by atoms with Gasteiger partial charge in [0.15, 0.2) is 0 Å². The molecular weight excluding hydrogens is 574 g/mol. The summed E-state index contributed by atoms with van der Waals surface area (Å²) in [6.45, 7) is 4.29. The zero-order chi connectivity index (χ0) is 31.7. The summed E-state index contributed by atoms with van der Waals surface area (Å²) in [5.74, 6) is -0.375. The highest BCUT2D eigenvalue weighted by molar-refractivity contribution is 5.94. The number of benzene rings is 1. The normalized spacial score (nSPS) is 25.9. The Labute approximate surface area is 264 Å². The maximum absolute atomic E-state index is 14.2. The van der Waals surface area contributed by atoms with Gasteiger partial charge in [0.05, 0.1) is 20.3 Å². The number of rotatable bonds is 3. The Bertz CT molecular complexity index is 1500. The number of aliphatic carboxylic acids is 1. The summed E-state index contributed by atoms with van der Waals surface area (Å²) in [6, 6.07) is 2.16. The van der Waals surface area contributed by atoms with Crippen LogP contribution >= 0.6 is 0 Å². The van der Waals surface area contributed by atoms with Crippen LogP contribution in [0.15, 0.2) is 18.2 Å². The summed E-state index contributed by atoms with van der Waals surface area (Å²) in [6.07, 6.45) is 12.1. The molecule has 1 saturated carbocycles. The minimum absolute atomic E-state index is 0.0885. The van der Waals surface area contributed by atoms with Crippen LogP contribution in [-0.2, 0) is 27.2 Å². The zero-order valence-corrected chi connectivity index (χ0v) is 26.6. The Hall–Kier alpha value is -3.82. The van der Waals surface area contributed by atoms with Gasteiger partial charge in [0.2, 0.25) is 11.8 Å². The van der Waals surface area contributed by atoms with Crippen LogP contribution < -0.4 is 14.8 Å². The van der Waals surface area contributed by atoms with Gasteiger partial charge in [0.25, 0.3) is 0 Å². The second-order valence-electron chi connectivity index (χ2n) is 13.9. The van der Waals surface area contributed by atoms with Gasteiger partial charge in [0, 0.05) is 28.5 Å². The summed E-state index contributed by atoms with van der Waals surface area (Å²) in [7, 11) is 1.66. The van der Waals surface area contributed by atoms with E-state index in [1.54, 1.807) is 7.11 Å². The van der Waals surface area contributed by atoms with Gasteiger partial charge in [-0.15, -0.1) is 0 Å². The van der Waals surface area contributed by atoms with Crippen molar-refractivity contribution in [3.63, 3.8) is 0 Å². The molecule has 0 unspecified atom stereocenters. The second kappa shape index (κ2) is 12.9. The topological polar surface area (TPSA) is 127 Å². The van der Waals surface area contributed by atoms with E-state index in [-0.39, 0.29) is 30.9 Å². The molecule has 45 heavy (non-hydrogen) atoms. The van der Waals surface area contributed by atoms with Gasteiger partial charge in [-0.05, 0) is 73.9 Å². The van der Waals surface area contributed by atoms with Crippen molar-refractivity contribution >= 4 is 34.8 Å². The van der Waals surface area contributed by atoms with Crippen LogP contribution in [0.2, 0.25) is 0 Å². The lowest BCUT2D eigenvalue weighted by molar-refractivity contribution is -0.149. The maximum atomic E-state index is 14.2. The van der Waals surface area contributed by atoms with E-state index in [9.17, 15) is 19.5 Å². The van der Waals surface area contributed by atoms with E-state index < -0.39 is 36.2 Å². The van der Waals surface area contributed by atoms with Crippen molar-refractivity contribution in [2.45, 2.75) is 103 Å². The third kappa shape index (κ3) is 6.60. The lowest BCUT2D eigenvalue weighted by atomic mass is 9.83. The number of methoxy groups -OCH3 is 1. The minimum atomic E-state index is -1.09. The summed E-state index contributed by atoms with van der Waals surface area (Å²) in [5.41, 5.74) is 2.69. The molecule has 2 aliphatic carbocycles. The minimum Gasteiger partial charge on any atom is -0.496 e. The van der Waals surface area contributed by atoms with Crippen LogP contribution in [0.4, 0.5) is 4.79 Å². The number of allylic oxidation sites excluding steroid dienone is 1. The lowest BCUT2D eigenvalue weighted by Gasteiger charge is -2.34. The standard InChI is InChI=1S/C35H45N3O7/c1-35(2)15-9-12-22-16-26-25(18-29(22)43-3)24-13-7-8-14-27(24)36-31(26)45-23-17-28(33(40)41)38(19-23)32(39)30(37-34(42)44-20-35)21-10-5-4-6-11-21/h9,12,16,18,21,23,28,30H,4-8,10-11,13-15,17,19-20H2,1-3H3,(H,37,42)(H,40,41)/t23-,28+,30+/m1/s1. The first kappa shape index (κ1) is 31.2. The number of hydrogen-bond donors (Lipinski definition) is 2. The molecule has 4 aliphatic rings. The fourth-order valence-corrected chi connectivity index (χ4v) is 7.44. The number of ether oxygens (including phenoxy) is 3. The number of nitrogens with one attached hydrogen (secondary N) is 1. The summed E-state index contributed by atoms with van der Waals surface area (Å²) in [4.78, 5) is 46.2. The molecule has 3 heterocycles. The van der Waals surface area contributed by atoms with Crippen molar-refractivity contribution < 1.29 is 33.7 Å². The molecule has 1 aromatic heterocycles. The number of carboxylic acids is 1. The van der Waals surface area contributed by atoms with Crippen LogP contribution in [0.25, 0.3) is 16.8 Å². The van der Waals surface area contributed by atoms with E-state index in [2.05, 4.69) is 17.5 Å². The molecule has 2 aliphatic heterocycles. The third-order valence-corrected chi connectivity index (χ3v) is 9.93. The number of pyridine rings is 1. The van der Waals surface area contributed by atoms with E-state index in [0.717, 1.165) is 85.6 Å². The predicted octanol–water partition coefficient (Wildman–Crippen LogP) is 5.67. The number of aromatic nitrogens is 1. The van der Waals surface area contributed by atoms with Crippen LogP contribution in [0.1, 0.15) is 88.5 Å². The first-order valence-corrected chi connectivity index (χ1v) is 16.5. The predicted molar refractivity (Wildman–Crippen MR) is 169 cm³/mol. The molecule has 1 aromatic carbocycles. The van der Waals surface area contributed by atoms with Gasteiger partial charge in [0.1, 0.15) is 23.9 Å². The number of aryl methyl sites for hydroxylation is 2. The Balaban J connectivity index is 1.44. The number of hydrogen-bond acceptors (Lipinski definition) is 7. The fraction of sp³-hybridized carbons (Fsp3) is 0.600. The smallest absolute Gasteiger partial charge is 0.407 e. The van der Waals surface area contributed by atoms with Crippen LogP contribution in [-0.4, -0.2) is 71.4 Å². The Morgan fingerprint density at radius 2 is 1.87 bits per heavy atom. The first-order chi connectivity index (χ1) is 21.6. The van der Waals surface area contributed by atoms with Crippen molar-refractivity contribution in [3.8, 4) is 11.6 Å². The third-order valence-electron chi connectivity index (χ3n) is 9.93. The highest BCUT2D eigenvalue weighted by Crippen LogP contribution is 2.39. The quantitative estimate of drug-likeness (QED) is 0.450. The Morgan fingerprint density at radius 1 is 1.09 bits per heavy atom. The Kier molecular flexibility index (Phi) is 8.93. The zero-order valence-electron chi connectivity index (χ0n) is 26.6. The van der Waals surface area contributed by atoms with Gasteiger partial charge in [-0.1, -0.05) is 45.3 Å². The van der Waals surface area contributed by atoms with Crippen molar-refractivity contribution in [2.24, 2.45) is 11.3 Å². The number of carboxylic acid groups (broad SMARTS) is 1. The van der Waals surface area contributed by atoms with Crippen molar-refractivity contribution in [1.29, 1.82) is 0 Å². The van der Waals surface area contributed by atoms with E-state index in [1.165, 1.54) is 10.5 Å². The molecule has 10 nitrogen and oxygen atoms in total. The van der Waals surface area contributed by atoms with Gasteiger partial charge in [-0.25, -0.2) is 14.6 Å². The summed E-state index contributed by atoms with van der Waals surface area (Å²) in [5, 5.41) is 15.0. The molecule has 2 amide bonds. The van der Waals surface area contributed by atoms with E-state index in [0.29, 0.717) is 12.3 Å². The molecule has 6 rings (SSSR count). The van der Waals surface area contributed by atoms with Crippen molar-refractivity contribution in [2.75, 3.05) is 20.3 Å². The number of carbonyl (C=O) groups excluding carboxylic acids is 2. The molecule has 2 aromatic rings. The summed E-state index contributed by atoms with van der Waals surface area (Å²) >= 11 is 0. The molecular formula is C35H45N3O7. The molecule has 0 radical (unpaired) electrons. The molecule has 2 N–H and O–H groups in total. The molecule has 4 bridgehead atoms. The van der Waals surface area contributed by atoms with Crippen molar-refractivity contribution in [1.82, 2.24) is 15.2 Å². The van der Waals surface area contributed by atoms with E-state index in [4.69, 9.17) is 19.2 Å². The average molecular weight is 620 g/mol. The van der Waals surface area contributed by atoms with Gasteiger partial charge >= 0.3 is 12.1 Å². The Morgan fingerprint density at radius 3 is 2.62 bits per heavy atom. The largest absolute Gasteiger partial charge is 0.496 e. The van der Waals surface area contributed by atoms with Crippen molar-refractivity contribution in [3.05, 3.63) is 35.0 Å². The average Bonchev–Trinajstić information content (AvgIpc) is 3.46. The number of alkyl carbamates (subject to hydrolysis) is 1. The molecule has 1 saturated heterocycles. The number of amides is 2. The summed E-state index contributed by atoms with van der Waals surface area (Å²) < 4.78 is 18.1. The van der Waals surface area contributed by atoms with E-state index >= 15 is 0 Å². The number of cyclic esters (lactones) is 1. The monoisotopic (exact) mass is 619 g/mol. The number of carbonyl (C=O) groups is 3.